The van der Waals surface area contributed by atoms with E-state index in [2.05, 4.69) is 0 Å². The van der Waals surface area contributed by atoms with Gasteiger partial charge in [0.15, 0.2) is 0 Å². The van der Waals surface area contributed by atoms with E-state index in [1.54, 1.807) is 4.31 Å². The Hall–Kier alpha value is -1.07. The highest BCUT2D eigenvalue weighted by atomic mass is 32.2. The third kappa shape index (κ3) is 3.98. The minimum absolute atomic E-state index is 0.0432. The van der Waals surface area contributed by atoms with Crippen molar-refractivity contribution in [2.45, 2.75) is 63.8 Å². The van der Waals surface area contributed by atoms with Crippen molar-refractivity contribution in [1.82, 2.24) is 4.31 Å². The van der Waals surface area contributed by atoms with Gasteiger partial charge in [0.2, 0.25) is 10.0 Å². The van der Waals surface area contributed by atoms with Crippen LogP contribution in [0.25, 0.3) is 0 Å². The first-order valence-electron chi connectivity index (χ1n) is 7.76. The van der Waals surface area contributed by atoms with E-state index in [0.717, 1.165) is 37.7 Å². The number of nitrogens with two attached hydrogens (primary N) is 1. The number of rotatable bonds is 5. The summed E-state index contributed by atoms with van der Waals surface area (Å²) in [4.78, 5) is 0. The molecule has 118 valence electrons. The Bertz CT molecular complexity index is 563. The molecule has 5 heteroatoms. The van der Waals surface area contributed by atoms with Crippen molar-refractivity contribution in [3.8, 4) is 0 Å². The topological polar surface area (TPSA) is 63.4 Å². The number of benzene rings is 1. The SMILES string of the molecule is CC(C)N(Cc1cccc(N)c1)S(=O)(=O)C1CCCCC1. The van der Waals surface area contributed by atoms with Gasteiger partial charge in [-0.05, 0) is 44.4 Å². The van der Waals surface area contributed by atoms with Crippen LogP contribution in [0.4, 0.5) is 5.69 Å². The summed E-state index contributed by atoms with van der Waals surface area (Å²) in [6.45, 7) is 4.28. The molecule has 0 bridgehead atoms. The summed E-state index contributed by atoms with van der Waals surface area (Å²) in [7, 11) is -3.24. The highest BCUT2D eigenvalue weighted by Crippen LogP contribution is 2.28. The van der Waals surface area contributed by atoms with Crippen molar-refractivity contribution >= 4 is 15.7 Å². The maximum atomic E-state index is 12.9. The minimum atomic E-state index is -3.24. The normalized spacial score (nSPS) is 17.5. The number of hydrogen-bond acceptors (Lipinski definition) is 3. The van der Waals surface area contributed by atoms with E-state index < -0.39 is 10.0 Å². The molecule has 1 fully saturated rings. The van der Waals surface area contributed by atoms with E-state index >= 15 is 0 Å². The van der Waals surface area contributed by atoms with E-state index in [4.69, 9.17) is 5.73 Å². The van der Waals surface area contributed by atoms with Crippen molar-refractivity contribution in [2.75, 3.05) is 5.73 Å². The Labute approximate surface area is 128 Å². The number of nitrogens with zero attached hydrogens (tertiary/aromatic N) is 1. The van der Waals surface area contributed by atoms with Crippen molar-refractivity contribution in [3.63, 3.8) is 0 Å². The first kappa shape index (κ1) is 16.3. The summed E-state index contributed by atoms with van der Waals surface area (Å²) in [5.41, 5.74) is 7.41. The fourth-order valence-corrected chi connectivity index (χ4v) is 5.22. The van der Waals surface area contributed by atoms with Gasteiger partial charge < -0.3 is 5.73 Å². The van der Waals surface area contributed by atoms with Crippen molar-refractivity contribution in [2.24, 2.45) is 0 Å². The number of anilines is 1. The maximum Gasteiger partial charge on any atom is 0.217 e. The van der Waals surface area contributed by atoms with Crippen LogP contribution in [0.5, 0.6) is 0 Å². The molecular weight excluding hydrogens is 284 g/mol. The first-order chi connectivity index (χ1) is 9.91. The van der Waals surface area contributed by atoms with E-state index in [9.17, 15) is 8.42 Å². The number of hydrogen-bond donors (Lipinski definition) is 1. The van der Waals surface area contributed by atoms with Crippen LogP contribution in [0, 0.1) is 0 Å². The minimum Gasteiger partial charge on any atom is -0.399 e. The summed E-state index contributed by atoms with van der Waals surface area (Å²) in [6, 6.07) is 7.43. The third-order valence-electron chi connectivity index (χ3n) is 4.17. The van der Waals surface area contributed by atoms with Crippen LogP contribution in [-0.4, -0.2) is 24.0 Å². The predicted octanol–water partition coefficient (Wildman–Crippen LogP) is 3.14. The average molecular weight is 310 g/mol. The van der Waals surface area contributed by atoms with E-state index in [0.29, 0.717) is 12.2 Å². The second-order valence-electron chi connectivity index (χ2n) is 6.19. The summed E-state index contributed by atoms with van der Waals surface area (Å²) in [5, 5.41) is -0.213. The molecule has 0 unspecified atom stereocenters. The Morgan fingerprint density at radius 2 is 1.90 bits per heavy atom. The molecule has 4 nitrogen and oxygen atoms in total. The molecule has 0 radical (unpaired) electrons. The van der Waals surface area contributed by atoms with Crippen LogP contribution in [0.3, 0.4) is 0 Å². The molecule has 0 atom stereocenters. The summed E-state index contributed by atoms with van der Waals surface area (Å²) in [5.74, 6) is 0. The van der Waals surface area contributed by atoms with E-state index in [-0.39, 0.29) is 11.3 Å². The Morgan fingerprint density at radius 3 is 2.48 bits per heavy atom. The zero-order valence-electron chi connectivity index (χ0n) is 13.0. The molecule has 1 aromatic rings. The van der Waals surface area contributed by atoms with Gasteiger partial charge in [-0.15, -0.1) is 0 Å². The lowest BCUT2D eigenvalue weighted by molar-refractivity contribution is 0.334. The fourth-order valence-electron chi connectivity index (χ4n) is 2.99. The second-order valence-corrected chi connectivity index (χ2v) is 8.35. The van der Waals surface area contributed by atoms with Crippen molar-refractivity contribution in [3.05, 3.63) is 29.8 Å². The number of nitrogen functional groups attached to an aromatic ring is 1. The molecule has 1 aromatic carbocycles. The fraction of sp³-hybridized carbons (Fsp3) is 0.625. The lowest BCUT2D eigenvalue weighted by Gasteiger charge is -2.32. The van der Waals surface area contributed by atoms with Crippen LogP contribution >= 0.6 is 0 Å². The standard InChI is InChI=1S/C16H26N2O2S/c1-13(2)18(12-14-7-6-8-15(17)11-14)21(19,20)16-9-4-3-5-10-16/h6-8,11,13,16H,3-5,9-10,12,17H2,1-2H3. The molecule has 1 saturated carbocycles. The van der Waals surface area contributed by atoms with Crippen molar-refractivity contribution in [1.29, 1.82) is 0 Å². The molecule has 1 aliphatic carbocycles. The van der Waals surface area contributed by atoms with Gasteiger partial charge in [0.05, 0.1) is 5.25 Å². The van der Waals surface area contributed by atoms with Crippen LogP contribution < -0.4 is 5.73 Å². The van der Waals surface area contributed by atoms with Gasteiger partial charge in [-0.2, -0.15) is 4.31 Å². The molecule has 0 aliphatic heterocycles. The smallest absolute Gasteiger partial charge is 0.217 e. The predicted molar refractivity (Wildman–Crippen MR) is 87.3 cm³/mol. The molecule has 1 aliphatic rings. The van der Waals surface area contributed by atoms with Gasteiger partial charge in [-0.1, -0.05) is 31.4 Å². The third-order valence-corrected chi connectivity index (χ3v) is 6.68. The lowest BCUT2D eigenvalue weighted by atomic mass is 10.0. The zero-order chi connectivity index (χ0) is 15.5. The molecule has 0 spiro atoms. The van der Waals surface area contributed by atoms with Crippen LogP contribution in [0.2, 0.25) is 0 Å². The summed E-state index contributed by atoms with van der Waals surface area (Å²) >= 11 is 0. The highest BCUT2D eigenvalue weighted by molar-refractivity contribution is 7.89. The van der Waals surface area contributed by atoms with Crippen molar-refractivity contribution < 1.29 is 8.42 Å². The monoisotopic (exact) mass is 310 g/mol. The van der Waals surface area contributed by atoms with Gasteiger partial charge in [0, 0.05) is 18.3 Å². The highest BCUT2D eigenvalue weighted by Gasteiger charge is 2.34. The Kier molecular flexibility index (Phi) is 5.27. The van der Waals surface area contributed by atoms with Gasteiger partial charge in [0.1, 0.15) is 0 Å². The molecular formula is C16H26N2O2S. The molecule has 0 saturated heterocycles. The molecule has 2 rings (SSSR count). The molecule has 0 aromatic heterocycles. The molecule has 0 heterocycles. The van der Waals surface area contributed by atoms with Crippen LogP contribution in [-0.2, 0) is 16.6 Å². The average Bonchev–Trinajstić information content (AvgIpc) is 2.45. The summed E-state index contributed by atoms with van der Waals surface area (Å²) in [6.07, 6.45) is 4.79. The quantitative estimate of drug-likeness (QED) is 0.850. The molecule has 21 heavy (non-hydrogen) atoms. The lowest BCUT2D eigenvalue weighted by Crippen LogP contribution is -2.43. The molecule has 0 amide bonds. The van der Waals surface area contributed by atoms with Gasteiger partial charge in [-0.3, -0.25) is 0 Å². The summed E-state index contributed by atoms with van der Waals surface area (Å²) < 4.78 is 27.5. The van der Waals surface area contributed by atoms with Gasteiger partial charge in [-0.25, -0.2) is 8.42 Å². The zero-order valence-corrected chi connectivity index (χ0v) is 13.8. The maximum absolute atomic E-state index is 12.9. The van der Waals surface area contributed by atoms with Crippen LogP contribution in [0.1, 0.15) is 51.5 Å². The van der Waals surface area contributed by atoms with E-state index in [1.807, 2.05) is 38.1 Å². The largest absolute Gasteiger partial charge is 0.399 e. The van der Waals surface area contributed by atoms with Gasteiger partial charge in [0.25, 0.3) is 0 Å². The van der Waals surface area contributed by atoms with Gasteiger partial charge >= 0.3 is 0 Å². The second kappa shape index (κ2) is 6.79. The van der Waals surface area contributed by atoms with Crippen LogP contribution in [0.15, 0.2) is 24.3 Å². The Balaban J connectivity index is 2.21. The number of sulfonamides is 1. The molecule has 2 N–H and O–H groups in total. The Morgan fingerprint density at radius 1 is 1.24 bits per heavy atom. The first-order valence-corrected chi connectivity index (χ1v) is 9.26. The van der Waals surface area contributed by atoms with E-state index in [1.165, 1.54) is 0 Å².